The number of carbonyl (C=O) groups is 1. The monoisotopic (exact) mass is 254 g/mol. The molecule has 1 heterocycles. The topological polar surface area (TPSA) is 30.2 Å². The number of hydrogen-bond donors (Lipinski definition) is 0. The van der Waals surface area contributed by atoms with Gasteiger partial charge >= 0.3 is 6.18 Å². The Morgan fingerprint density at radius 3 is 2.39 bits per heavy atom. The summed E-state index contributed by atoms with van der Waals surface area (Å²) >= 11 is 0. The van der Waals surface area contributed by atoms with E-state index in [0.717, 1.165) is 12.1 Å². The van der Waals surface area contributed by atoms with Crippen LogP contribution >= 0.6 is 0 Å². The van der Waals surface area contributed by atoms with E-state index >= 15 is 0 Å². The highest BCUT2D eigenvalue weighted by molar-refractivity contribution is 6.09. The summed E-state index contributed by atoms with van der Waals surface area (Å²) in [5.74, 6) is -0.822. The molecule has 0 aliphatic rings. The lowest BCUT2D eigenvalue weighted by atomic mass is 10.0. The van der Waals surface area contributed by atoms with Gasteiger partial charge in [-0.25, -0.2) is 0 Å². The van der Waals surface area contributed by atoms with Crippen molar-refractivity contribution in [1.82, 2.24) is 0 Å². The van der Waals surface area contributed by atoms with Crippen LogP contribution in [-0.4, -0.2) is 5.78 Å². The Labute approximate surface area is 101 Å². The summed E-state index contributed by atoms with van der Waals surface area (Å²) in [7, 11) is 0. The molecule has 2 nitrogen and oxygen atoms in total. The first-order valence-electron chi connectivity index (χ1n) is 5.16. The molecule has 0 spiro atoms. The maximum absolute atomic E-state index is 12.8. The summed E-state index contributed by atoms with van der Waals surface area (Å²) in [6, 6.07) is 6.19. The van der Waals surface area contributed by atoms with E-state index in [0.29, 0.717) is 5.56 Å². The van der Waals surface area contributed by atoms with Crippen LogP contribution in [0, 0.1) is 6.92 Å². The Hall–Kier alpha value is -2.04. The summed E-state index contributed by atoms with van der Waals surface area (Å²) in [6.07, 6.45) is -3.29. The van der Waals surface area contributed by atoms with E-state index in [1.165, 1.54) is 24.5 Å². The van der Waals surface area contributed by atoms with Gasteiger partial charge in [0.2, 0.25) is 5.78 Å². The van der Waals surface area contributed by atoms with E-state index in [4.69, 9.17) is 4.42 Å². The molecule has 1 aromatic carbocycles. The average Bonchev–Trinajstić information content (AvgIpc) is 2.73. The van der Waals surface area contributed by atoms with E-state index < -0.39 is 23.1 Å². The van der Waals surface area contributed by atoms with Crippen molar-refractivity contribution in [3.63, 3.8) is 0 Å². The second kappa shape index (κ2) is 4.33. The van der Waals surface area contributed by atoms with Gasteiger partial charge in [-0.1, -0.05) is 18.2 Å². The first-order chi connectivity index (χ1) is 8.41. The van der Waals surface area contributed by atoms with E-state index in [1.54, 1.807) is 6.92 Å². The quantitative estimate of drug-likeness (QED) is 0.762. The second-order valence-corrected chi connectivity index (χ2v) is 3.81. The fourth-order valence-corrected chi connectivity index (χ4v) is 1.66. The molecule has 18 heavy (non-hydrogen) atoms. The van der Waals surface area contributed by atoms with Gasteiger partial charge in [0.05, 0.1) is 11.8 Å². The molecular formula is C13H9F3O2. The van der Waals surface area contributed by atoms with Crippen LogP contribution in [-0.2, 0) is 6.18 Å². The van der Waals surface area contributed by atoms with Crippen molar-refractivity contribution in [2.45, 2.75) is 13.1 Å². The molecule has 0 aliphatic carbocycles. The number of benzene rings is 1. The third kappa shape index (κ3) is 2.16. The Kier molecular flexibility index (Phi) is 2.98. The first kappa shape index (κ1) is 12.4. The van der Waals surface area contributed by atoms with Crippen molar-refractivity contribution in [1.29, 1.82) is 0 Å². The van der Waals surface area contributed by atoms with Crippen molar-refractivity contribution in [2.75, 3.05) is 0 Å². The number of aryl methyl sites for hydroxylation is 1. The van der Waals surface area contributed by atoms with Crippen LogP contribution in [0.25, 0.3) is 0 Å². The highest BCUT2D eigenvalue weighted by Gasteiger charge is 2.35. The predicted molar refractivity (Wildman–Crippen MR) is 58.3 cm³/mol. The zero-order valence-electron chi connectivity index (χ0n) is 9.41. The van der Waals surface area contributed by atoms with Gasteiger partial charge in [-0.3, -0.25) is 4.79 Å². The van der Waals surface area contributed by atoms with Crippen molar-refractivity contribution in [3.8, 4) is 0 Å². The number of hydrogen-bond acceptors (Lipinski definition) is 2. The summed E-state index contributed by atoms with van der Waals surface area (Å²) in [5, 5.41) is 0. The molecule has 0 atom stereocenters. The maximum Gasteiger partial charge on any atom is 0.417 e. The number of rotatable bonds is 2. The van der Waals surface area contributed by atoms with Crippen molar-refractivity contribution in [3.05, 3.63) is 59.0 Å². The average molecular weight is 254 g/mol. The predicted octanol–water partition coefficient (Wildman–Crippen LogP) is 3.84. The fourth-order valence-electron chi connectivity index (χ4n) is 1.66. The third-order valence-electron chi connectivity index (χ3n) is 2.55. The van der Waals surface area contributed by atoms with Crippen LogP contribution in [0.15, 0.2) is 41.0 Å². The van der Waals surface area contributed by atoms with Gasteiger partial charge in [0.25, 0.3) is 0 Å². The van der Waals surface area contributed by atoms with E-state index in [1.807, 2.05) is 0 Å². The lowest BCUT2D eigenvalue weighted by molar-refractivity contribution is -0.137. The third-order valence-corrected chi connectivity index (χ3v) is 2.55. The highest BCUT2D eigenvalue weighted by atomic mass is 19.4. The molecule has 0 saturated carbocycles. The molecule has 2 aromatic rings. The van der Waals surface area contributed by atoms with Gasteiger partial charge in [0, 0.05) is 5.56 Å². The Morgan fingerprint density at radius 2 is 1.83 bits per heavy atom. The minimum absolute atomic E-state index is 0.0632. The number of ketones is 1. The number of furan rings is 1. The summed E-state index contributed by atoms with van der Waals surface area (Å²) in [6.45, 7) is 1.60. The summed E-state index contributed by atoms with van der Waals surface area (Å²) in [5.41, 5.74) is -0.842. The standard InChI is InChI=1S/C13H9F3O2/c1-8-6-7-18-12(8)11(17)9-4-2-3-5-10(9)13(14,15)16/h2-7H,1H3. The van der Waals surface area contributed by atoms with Crippen molar-refractivity contribution < 1.29 is 22.4 Å². The molecule has 0 amide bonds. The Bertz CT molecular complexity index is 582. The molecule has 0 fully saturated rings. The molecular weight excluding hydrogens is 245 g/mol. The van der Waals surface area contributed by atoms with Crippen LogP contribution in [0.5, 0.6) is 0 Å². The highest BCUT2D eigenvalue weighted by Crippen LogP contribution is 2.33. The molecule has 0 radical (unpaired) electrons. The summed E-state index contributed by atoms with van der Waals surface area (Å²) in [4.78, 5) is 12.0. The number of carbonyl (C=O) groups excluding carboxylic acids is 1. The van der Waals surface area contributed by atoms with Gasteiger partial charge < -0.3 is 4.42 Å². The first-order valence-corrected chi connectivity index (χ1v) is 5.16. The zero-order chi connectivity index (χ0) is 13.3. The Balaban J connectivity index is 2.53. The van der Waals surface area contributed by atoms with Gasteiger partial charge in [-0.15, -0.1) is 0 Å². The number of halogens is 3. The van der Waals surface area contributed by atoms with E-state index in [9.17, 15) is 18.0 Å². The fraction of sp³-hybridized carbons (Fsp3) is 0.154. The molecule has 0 unspecified atom stereocenters. The zero-order valence-corrected chi connectivity index (χ0v) is 9.41. The molecule has 0 saturated heterocycles. The van der Waals surface area contributed by atoms with E-state index in [2.05, 4.69) is 0 Å². The number of alkyl halides is 3. The minimum atomic E-state index is -4.56. The molecule has 0 aliphatic heterocycles. The van der Waals surface area contributed by atoms with Gasteiger partial charge in [-0.2, -0.15) is 13.2 Å². The molecule has 0 bridgehead atoms. The normalized spacial score (nSPS) is 11.6. The molecule has 0 N–H and O–H groups in total. The smallest absolute Gasteiger partial charge is 0.417 e. The maximum atomic E-state index is 12.8. The minimum Gasteiger partial charge on any atom is -0.461 e. The lowest BCUT2D eigenvalue weighted by Crippen LogP contribution is -2.13. The van der Waals surface area contributed by atoms with Crippen LogP contribution < -0.4 is 0 Å². The van der Waals surface area contributed by atoms with Gasteiger partial charge in [0.1, 0.15) is 0 Å². The van der Waals surface area contributed by atoms with Crippen LogP contribution in [0.4, 0.5) is 13.2 Å². The SMILES string of the molecule is Cc1ccoc1C(=O)c1ccccc1C(F)(F)F. The van der Waals surface area contributed by atoms with Crippen molar-refractivity contribution >= 4 is 5.78 Å². The molecule has 5 heteroatoms. The van der Waals surface area contributed by atoms with Gasteiger partial charge in [-0.05, 0) is 24.6 Å². The Morgan fingerprint density at radius 1 is 1.17 bits per heavy atom. The lowest BCUT2D eigenvalue weighted by Gasteiger charge is -2.10. The summed E-state index contributed by atoms with van der Waals surface area (Å²) < 4.78 is 43.2. The van der Waals surface area contributed by atoms with Crippen molar-refractivity contribution in [2.24, 2.45) is 0 Å². The second-order valence-electron chi connectivity index (χ2n) is 3.81. The molecule has 2 rings (SSSR count). The molecule has 94 valence electrons. The van der Waals surface area contributed by atoms with Crippen LogP contribution in [0.3, 0.4) is 0 Å². The van der Waals surface area contributed by atoms with Crippen LogP contribution in [0.1, 0.15) is 27.2 Å². The molecule has 1 aromatic heterocycles. The van der Waals surface area contributed by atoms with Gasteiger partial charge in [0.15, 0.2) is 5.76 Å². The van der Waals surface area contributed by atoms with Crippen LogP contribution in [0.2, 0.25) is 0 Å². The largest absolute Gasteiger partial charge is 0.461 e. The van der Waals surface area contributed by atoms with E-state index in [-0.39, 0.29) is 5.76 Å².